The molecule has 0 saturated heterocycles. The van der Waals surface area contributed by atoms with Crippen molar-refractivity contribution in [3.8, 4) is 12.0 Å². The maximum absolute atomic E-state index is 3.19. The summed E-state index contributed by atoms with van der Waals surface area (Å²) in [6.45, 7) is 4.34. The van der Waals surface area contributed by atoms with Crippen molar-refractivity contribution in [3.63, 3.8) is 0 Å². The Bertz CT molecular complexity index is 339. The summed E-state index contributed by atoms with van der Waals surface area (Å²) in [5, 5.41) is 0. The SMILES string of the molecule is CCCCC#Cn1cc[n+](C)c1CC. The van der Waals surface area contributed by atoms with Crippen molar-refractivity contribution < 1.29 is 4.57 Å². The van der Waals surface area contributed by atoms with Gasteiger partial charge in [-0.25, -0.2) is 4.57 Å². The van der Waals surface area contributed by atoms with E-state index in [1.54, 1.807) is 0 Å². The molecular weight excluding hydrogens is 172 g/mol. The standard InChI is InChI=1S/C12H19N2/c1-4-6-7-8-9-14-11-10-13(3)12(14)5-2/h10-11H,4-7H2,1-3H3/q+1. The zero-order chi connectivity index (χ0) is 10.4. The number of aromatic nitrogens is 2. The molecule has 0 aliphatic heterocycles. The lowest BCUT2D eigenvalue weighted by atomic mass is 10.3. The highest BCUT2D eigenvalue weighted by molar-refractivity contribution is 5.05. The average Bonchev–Trinajstić information content (AvgIpc) is 2.54. The molecule has 1 aromatic rings. The van der Waals surface area contributed by atoms with Gasteiger partial charge >= 0.3 is 0 Å². The van der Waals surface area contributed by atoms with Crippen molar-refractivity contribution in [1.29, 1.82) is 0 Å². The van der Waals surface area contributed by atoms with Gasteiger partial charge in [0.1, 0.15) is 18.4 Å². The Balaban J connectivity index is 2.69. The Labute approximate surface area is 86.6 Å². The molecule has 0 atom stereocenters. The highest BCUT2D eigenvalue weighted by atomic mass is 15.1. The molecule has 1 heterocycles. The number of hydrogen-bond acceptors (Lipinski definition) is 0. The lowest BCUT2D eigenvalue weighted by Gasteiger charge is -1.90. The van der Waals surface area contributed by atoms with E-state index in [1.165, 1.54) is 18.7 Å². The van der Waals surface area contributed by atoms with Crippen LogP contribution >= 0.6 is 0 Å². The molecule has 76 valence electrons. The fourth-order valence-corrected chi connectivity index (χ4v) is 1.44. The molecule has 0 saturated carbocycles. The summed E-state index contributed by atoms with van der Waals surface area (Å²) in [5.41, 5.74) is 0. The molecule has 0 N–H and O–H groups in total. The number of rotatable bonds is 3. The van der Waals surface area contributed by atoms with E-state index in [9.17, 15) is 0 Å². The maximum Gasteiger partial charge on any atom is 0.269 e. The third kappa shape index (κ3) is 2.63. The van der Waals surface area contributed by atoms with Gasteiger partial charge in [0.15, 0.2) is 0 Å². The quantitative estimate of drug-likeness (QED) is 0.392. The van der Waals surface area contributed by atoms with Crippen molar-refractivity contribution in [2.45, 2.75) is 39.5 Å². The molecule has 0 fully saturated rings. The van der Waals surface area contributed by atoms with Crippen LogP contribution in [0.2, 0.25) is 0 Å². The van der Waals surface area contributed by atoms with Gasteiger partial charge in [-0.3, -0.25) is 0 Å². The topological polar surface area (TPSA) is 8.81 Å². The smallest absolute Gasteiger partial charge is 0.236 e. The van der Waals surface area contributed by atoms with Crippen LogP contribution in [-0.4, -0.2) is 4.57 Å². The summed E-state index contributed by atoms with van der Waals surface area (Å²) in [5.74, 6) is 4.45. The maximum atomic E-state index is 3.19. The van der Waals surface area contributed by atoms with Crippen molar-refractivity contribution in [1.82, 2.24) is 4.57 Å². The Morgan fingerprint density at radius 3 is 2.86 bits per heavy atom. The minimum atomic E-state index is 1.00. The fraction of sp³-hybridized carbons (Fsp3) is 0.583. The molecule has 2 heteroatoms. The number of aryl methyl sites for hydroxylation is 1. The van der Waals surface area contributed by atoms with Gasteiger partial charge in [-0.1, -0.05) is 26.2 Å². The van der Waals surface area contributed by atoms with Crippen LogP contribution < -0.4 is 4.57 Å². The van der Waals surface area contributed by atoms with E-state index in [2.05, 4.69) is 37.4 Å². The number of unbranched alkanes of at least 4 members (excludes halogenated alkanes) is 2. The molecule has 1 rings (SSSR count). The van der Waals surface area contributed by atoms with Gasteiger partial charge in [-0.05, 0) is 6.42 Å². The lowest BCUT2D eigenvalue weighted by Crippen LogP contribution is -2.31. The van der Waals surface area contributed by atoms with Crippen LogP contribution in [0.25, 0.3) is 0 Å². The molecule has 0 unspecified atom stereocenters. The van der Waals surface area contributed by atoms with Crippen molar-refractivity contribution in [2.75, 3.05) is 0 Å². The monoisotopic (exact) mass is 191 g/mol. The van der Waals surface area contributed by atoms with Crippen LogP contribution in [0.4, 0.5) is 0 Å². The normalized spacial score (nSPS) is 9.64. The summed E-state index contributed by atoms with van der Waals surface area (Å²) in [7, 11) is 2.06. The van der Waals surface area contributed by atoms with Gasteiger partial charge in [-0.2, -0.15) is 4.57 Å². The first-order chi connectivity index (χ1) is 6.79. The largest absolute Gasteiger partial charge is 0.269 e. The lowest BCUT2D eigenvalue weighted by molar-refractivity contribution is -0.678. The van der Waals surface area contributed by atoms with Gasteiger partial charge in [0.05, 0.1) is 7.05 Å². The molecule has 0 spiro atoms. The molecule has 0 aromatic carbocycles. The van der Waals surface area contributed by atoms with E-state index < -0.39 is 0 Å². The molecule has 0 amide bonds. The second kappa shape index (κ2) is 5.49. The molecule has 0 aliphatic rings. The second-order valence-electron chi connectivity index (χ2n) is 3.44. The average molecular weight is 191 g/mol. The summed E-state index contributed by atoms with van der Waals surface area (Å²) in [6.07, 6.45) is 8.51. The summed E-state index contributed by atoms with van der Waals surface area (Å²) >= 11 is 0. The number of nitrogens with zero attached hydrogens (tertiary/aromatic N) is 2. The number of imidazole rings is 1. The minimum absolute atomic E-state index is 1.00. The molecule has 0 aliphatic carbocycles. The van der Waals surface area contributed by atoms with Crippen LogP contribution in [0, 0.1) is 12.0 Å². The van der Waals surface area contributed by atoms with Crippen LogP contribution in [0.15, 0.2) is 12.4 Å². The van der Waals surface area contributed by atoms with Crippen molar-refractivity contribution >= 4 is 0 Å². The fourth-order valence-electron chi connectivity index (χ4n) is 1.44. The van der Waals surface area contributed by atoms with E-state index in [4.69, 9.17) is 0 Å². The van der Waals surface area contributed by atoms with Gasteiger partial charge in [-0.15, -0.1) is 0 Å². The van der Waals surface area contributed by atoms with Crippen LogP contribution in [0.5, 0.6) is 0 Å². The van der Waals surface area contributed by atoms with Crippen molar-refractivity contribution in [3.05, 3.63) is 18.2 Å². The highest BCUT2D eigenvalue weighted by Crippen LogP contribution is 1.94. The summed E-state index contributed by atoms with van der Waals surface area (Å²) in [6, 6.07) is 3.17. The first-order valence-corrected chi connectivity index (χ1v) is 5.34. The Morgan fingerprint density at radius 2 is 2.21 bits per heavy atom. The van der Waals surface area contributed by atoms with Crippen molar-refractivity contribution in [2.24, 2.45) is 7.05 Å². The molecule has 2 nitrogen and oxygen atoms in total. The van der Waals surface area contributed by atoms with Gasteiger partial charge < -0.3 is 0 Å². The third-order valence-electron chi connectivity index (χ3n) is 2.30. The Morgan fingerprint density at radius 1 is 1.43 bits per heavy atom. The third-order valence-corrected chi connectivity index (χ3v) is 2.30. The predicted molar refractivity (Wildman–Crippen MR) is 57.7 cm³/mol. The Hall–Kier alpha value is -1.23. The molecule has 0 bridgehead atoms. The zero-order valence-electron chi connectivity index (χ0n) is 9.38. The van der Waals surface area contributed by atoms with E-state index in [-0.39, 0.29) is 0 Å². The van der Waals surface area contributed by atoms with Gasteiger partial charge in [0.25, 0.3) is 5.82 Å². The summed E-state index contributed by atoms with van der Waals surface area (Å²) in [4.78, 5) is 0. The molecule has 0 radical (unpaired) electrons. The highest BCUT2D eigenvalue weighted by Gasteiger charge is 2.09. The van der Waals surface area contributed by atoms with Crippen LogP contribution in [-0.2, 0) is 13.5 Å². The van der Waals surface area contributed by atoms with Crippen LogP contribution in [0.1, 0.15) is 38.9 Å². The number of hydrogen-bond donors (Lipinski definition) is 0. The zero-order valence-corrected chi connectivity index (χ0v) is 9.38. The van der Waals surface area contributed by atoms with E-state index in [0.717, 1.165) is 12.8 Å². The second-order valence-corrected chi connectivity index (χ2v) is 3.44. The van der Waals surface area contributed by atoms with Gasteiger partial charge in [0, 0.05) is 12.8 Å². The van der Waals surface area contributed by atoms with Crippen LogP contribution in [0.3, 0.4) is 0 Å². The molecule has 1 aromatic heterocycles. The van der Waals surface area contributed by atoms with E-state index >= 15 is 0 Å². The molecule has 14 heavy (non-hydrogen) atoms. The first kappa shape index (κ1) is 10.8. The minimum Gasteiger partial charge on any atom is -0.236 e. The van der Waals surface area contributed by atoms with Gasteiger partial charge in [0.2, 0.25) is 0 Å². The predicted octanol–water partition coefficient (Wildman–Crippen LogP) is 1.87. The van der Waals surface area contributed by atoms with E-state index in [1.807, 2.05) is 17.0 Å². The Kier molecular flexibility index (Phi) is 4.25. The summed E-state index contributed by atoms with van der Waals surface area (Å²) < 4.78 is 4.14. The van der Waals surface area contributed by atoms with E-state index in [0.29, 0.717) is 0 Å². The molecular formula is C12H19N2+. The first-order valence-electron chi connectivity index (χ1n) is 5.34.